The zero-order chi connectivity index (χ0) is 17.3. The van der Waals surface area contributed by atoms with Crippen LogP contribution in [0.25, 0.3) is 0 Å². The van der Waals surface area contributed by atoms with Crippen molar-refractivity contribution in [2.75, 3.05) is 24.5 Å². The summed E-state index contributed by atoms with van der Waals surface area (Å²) in [4.78, 5) is 29.2. The second-order valence-electron chi connectivity index (χ2n) is 6.86. The van der Waals surface area contributed by atoms with Crippen molar-refractivity contribution in [1.82, 2.24) is 4.90 Å². The van der Waals surface area contributed by atoms with Gasteiger partial charge in [0, 0.05) is 35.8 Å². The van der Waals surface area contributed by atoms with Crippen LogP contribution in [-0.2, 0) is 9.59 Å². The molecule has 1 aromatic rings. The normalized spacial score (nSPS) is 25.9. The Morgan fingerprint density at radius 2 is 2.12 bits per heavy atom. The van der Waals surface area contributed by atoms with Crippen LogP contribution in [0, 0.1) is 11.8 Å². The largest absolute Gasteiger partial charge is 0.342 e. The van der Waals surface area contributed by atoms with Gasteiger partial charge in [0.15, 0.2) is 0 Å². The molecule has 24 heavy (non-hydrogen) atoms. The summed E-state index contributed by atoms with van der Waals surface area (Å²) in [7, 11) is 0. The first-order chi connectivity index (χ1) is 11.5. The molecule has 2 aliphatic heterocycles. The predicted octanol–water partition coefficient (Wildman–Crippen LogP) is 2.39. The minimum absolute atomic E-state index is 0.0251. The first-order valence-corrected chi connectivity index (χ1v) is 9.38. The molecule has 6 heteroatoms. The van der Waals surface area contributed by atoms with E-state index >= 15 is 0 Å². The van der Waals surface area contributed by atoms with Gasteiger partial charge in [-0.2, -0.15) is 0 Å². The van der Waals surface area contributed by atoms with Crippen LogP contribution >= 0.6 is 15.9 Å². The van der Waals surface area contributed by atoms with Crippen molar-refractivity contribution in [2.24, 2.45) is 17.6 Å². The Hall–Kier alpha value is -1.40. The van der Waals surface area contributed by atoms with E-state index in [0.29, 0.717) is 25.4 Å². The number of carbonyl (C=O) groups is 2. The first-order valence-electron chi connectivity index (χ1n) is 8.58. The Labute approximate surface area is 151 Å². The molecule has 2 aliphatic rings. The number of piperidine rings is 1. The maximum absolute atomic E-state index is 12.9. The van der Waals surface area contributed by atoms with Crippen LogP contribution in [0.3, 0.4) is 0 Å². The lowest BCUT2D eigenvalue weighted by Gasteiger charge is -2.35. The molecular formula is C18H24BrN3O2. The monoisotopic (exact) mass is 393 g/mol. The van der Waals surface area contributed by atoms with Gasteiger partial charge >= 0.3 is 0 Å². The fourth-order valence-electron chi connectivity index (χ4n) is 3.67. The number of likely N-dealkylation sites (tertiary alicyclic amines) is 1. The number of rotatable bonds is 3. The van der Waals surface area contributed by atoms with Crippen LogP contribution in [0.4, 0.5) is 5.69 Å². The van der Waals surface area contributed by atoms with Crippen molar-refractivity contribution in [3.8, 4) is 0 Å². The Bertz CT molecular complexity index is 634. The molecule has 0 radical (unpaired) electrons. The molecule has 0 aliphatic carbocycles. The van der Waals surface area contributed by atoms with E-state index < -0.39 is 5.92 Å². The lowest BCUT2D eigenvalue weighted by Crippen LogP contribution is -2.48. The van der Waals surface area contributed by atoms with Crippen molar-refractivity contribution in [1.29, 1.82) is 0 Å². The minimum Gasteiger partial charge on any atom is -0.342 e. The summed E-state index contributed by atoms with van der Waals surface area (Å²) in [5.74, 6) is -0.319. The quantitative estimate of drug-likeness (QED) is 0.801. The lowest BCUT2D eigenvalue weighted by molar-refractivity contribution is -0.141. The first kappa shape index (κ1) is 17.4. The highest BCUT2D eigenvalue weighted by molar-refractivity contribution is 9.10. The summed E-state index contributed by atoms with van der Waals surface area (Å²) < 4.78 is 0.929. The molecule has 3 atom stereocenters. The number of hydrogen-bond donors (Lipinski definition) is 1. The Kier molecular flexibility index (Phi) is 5.25. The zero-order valence-corrected chi connectivity index (χ0v) is 15.5. The van der Waals surface area contributed by atoms with Gasteiger partial charge in [0.1, 0.15) is 5.92 Å². The molecule has 2 amide bonds. The van der Waals surface area contributed by atoms with Crippen LogP contribution < -0.4 is 10.6 Å². The molecule has 2 N–H and O–H groups in total. The van der Waals surface area contributed by atoms with Crippen LogP contribution in [-0.4, -0.2) is 42.4 Å². The maximum Gasteiger partial charge on any atom is 0.239 e. The number of nitrogens with zero attached hydrogens (tertiary/aromatic N) is 2. The van der Waals surface area contributed by atoms with E-state index in [1.807, 2.05) is 36.1 Å². The van der Waals surface area contributed by atoms with Crippen molar-refractivity contribution in [2.45, 2.75) is 32.2 Å². The fraction of sp³-hybridized carbons (Fsp3) is 0.556. The Morgan fingerprint density at radius 3 is 2.83 bits per heavy atom. The predicted molar refractivity (Wildman–Crippen MR) is 97.6 cm³/mol. The Morgan fingerprint density at radius 1 is 1.33 bits per heavy atom. The highest BCUT2D eigenvalue weighted by atomic mass is 79.9. The second kappa shape index (κ2) is 7.23. The van der Waals surface area contributed by atoms with Gasteiger partial charge in [0.05, 0.1) is 0 Å². The minimum atomic E-state index is -0.546. The standard InChI is InChI=1S/C18H24BrN3O2/c1-12(20)13-4-3-8-21(11-13)17(23)16-7-9-22(18(16)24)15-6-2-5-14(19)10-15/h2,5-6,10,12-13,16H,3-4,7-9,11,20H2,1H3/t12-,13-,16-/m0/s1. The highest BCUT2D eigenvalue weighted by Gasteiger charge is 2.40. The van der Waals surface area contributed by atoms with E-state index in [1.54, 1.807) is 4.90 Å². The molecule has 2 heterocycles. The summed E-state index contributed by atoms with van der Waals surface area (Å²) in [5.41, 5.74) is 6.85. The molecule has 0 bridgehead atoms. The molecule has 0 saturated carbocycles. The van der Waals surface area contributed by atoms with Gasteiger partial charge < -0.3 is 15.5 Å². The SMILES string of the molecule is C[C@H](N)[C@H]1CCCN(C(=O)[C@@H]2CCN(c3cccc(Br)c3)C2=O)C1. The van der Waals surface area contributed by atoms with Crippen molar-refractivity contribution < 1.29 is 9.59 Å². The number of nitrogens with two attached hydrogens (primary N) is 1. The smallest absolute Gasteiger partial charge is 0.239 e. The average molecular weight is 394 g/mol. The van der Waals surface area contributed by atoms with Gasteiger partial charge in [-0.1, -0.05) is 22.0 Å². The van der Waals surface area contributed by atoms with Crippen molar-refractivity contribution in [3.63, 3.8) is 0 Å². The van der Waals surface area contributed by atoms with Crippen LogP contribution in [0.1, 0.15) is 26.2 Å². The summed E-state index contributed by atoms with van der Waals surface area (Å²) in [6.07, 6.45) is 2.61. The van der Waals surface area contributed by atoms with E-state index in [4.69, 9.17) is 5.73 Å². The van der Waals surface area contributed by atoms with Gasteiger partial charge in [-0.25, -0.2) is 0 Å². The van der Waals surface area contributed by atoms with Crippen LogP contribution in [0.15, 0.2) is 28.7 Å². The molecule has 130 valence electrons. The Balaban J connectivity index is 1.69. The van der Waals surface area contributed by atoms with Crippen molar-refractivity contribution >= 4 is 33.4 Å². The maximum atomic E-state index is 12.9. The number of benzene rings is 1. The number of anilines is 1. The van der Waals surface area contributed by atoms with E-state index in [0.717, 1.165) is 29.5 Å². The molecule has 1 aromatic carbocycles. The van der Waals surface area contributed by atoms with E-state index in [2.05, 4.69) is 15.9 Å². The summed E-state index contributed by atoms with van der Waals surface area (Å²) in [6, 6.07) is 7.73. The van der Waals surface area contributed by atoms with Gasteiger partial charge in [0.25, 0.3) is 0 Å². The highest BCUT2D eigenvalue weighted by Crippen LogP contribution is 2.29. The number of hydrogen-bond acceptors (Lipinski definition) is 3. The molecule has 3 rings (SSSR count). The van der Waals surface area contributed by atoms with Gasteiger partial charge in [-0.05, 0) is 50.3 Å². The van der Waals surface area contributed by atoms with Gasteiger partial charge in [0.2, 0.25) is 11.8 Å². The van der Waals surface area contributed by atoms with Crippen molar-refractivity contribution in [3.05, 3.63) is 28.7 Å². The summed E-state index contributed by atoms with van der Waals surface area (Å²) >= 11 is 3.43. The number of amides is 2. The topological polar surface area (TPSA) is 66.6 Å². The third-order valence-corrected chi connectivity index (χ3v) is 5.63. The average Bonchev–Trinajstić information content (AvgIpc) is 2.96. The van der Waals surface area contributed by atoms with E-state index in [1.165, 1.54) is 0 Å². The molecule has 0 unspecified atom stereocenters. The van der Waals surface area contributed by atoms with Gasteiger partial charge in [-0.3, -0.25) is 9.59 Å². The fourth-order valence-corrected chi connectivity index (χ4v) is 4.06. The summed E-state index contributed by atoms with van der Waals surface area (Å²) in [5, 5.41) is 0. The molecule has 0 spiro atoms. The molecule has 0 aromatic heterocycles. The van der Waals surface area contributed by atoms with Gasteiger partial charge in [-0.15, -0.1) is 0 Å². The molecule has 2 fully saturated rings. The molecule has 2 saturated heterocycles. The van der Waals surface area contributed by atoms with Crippen LogP contribution in [0.2, 0.25) is 0 Å². The van der Waals surface area contributed by atoms with E-state index in [9.17, 15) is 9.59 Å². The third kappa shape index (κ3) is 3.49. The lowest BCUT2D eigenvalue weighted by atomic mass is 9.91. The molecular weight excluding hydrogens is 370 g/mol. The van der Waals surface area contributed by atoms with E-state index in [-0.39, 0.29) is 17.9 Å². The second-order valence-corrected chi connectivity index (χ2v) is 7.77. The van der Waals surface area contributed by atoms with Crippen LogP contribution in [0.5, 0.6) is 0 Å². The number of halogens is 1. The molecule has 5 nitrogen and oxygen atoms in total. The zero-order valence-electron chi connectivity index (χ0n) is 14.0. The number of carbonyl (C=O) groups excluding carboxylic acids is 2. The third-order valence-electron chi connectivity index (χ3n) is 5.14. The summed E-state index contributed by atoms with van der Waals surface area (Å²) in [6.45, 7) is 4.00.